The summed E-state index contributed by atoms with van der Waals surface area (Å²) in [4.78, 5) is 2.38. The molecule has 0 spiro atoms. The average Bonchev–Trinajstić information content (AvgIpc) is 2.40. The lowest BCUT2D eigenvalue weighted by Crippen LogP contribution is -2.32. The van der Waals surface area contributed by atoms with Gasteiger partial charge in [0.1, 0.15) is 13.2 Å². The Morgan fingerprint density at radius 1 is 1.28 bits per heavy atom. The maximum absolute atomic E-state index is 5.93. The van der Waals surface area contributed by atoms with Gasteiger partial charge in [-0.3, -0.25) is 4.90 Å². The van der Waals surface area contributed by atoms with E-state index in [0.29, 0.717) is 25.1 Å². The van der Waals surface area contributed by atoms with Crippen molar-refractivity contribution >= 4 is 11.6 Å². The number of rotatable bonds is 2. The van der Waals surface area contributed by atoms with Crippen LogP contribution in [0, 0.1) is 0 Å². The van der Waals surface area contributed by atoms with Crippen LogP contribution >= 0.6 is 11.6 Å². The number of likely N-dealkylation sites (N-methyl/N-ethyl adjacent to an activating group) is 1. The number of nitrogens with zero attached hydrogens (tertiary/aromatic N) is 1. The normalized spacial score (nSPS) is 22.7. The number of hydrogen-bond acceptors (Lipinski definition) is 3. The van der Waals surface area contributed by atoms with Crippen molar-refractivity contribution in [3.05, 3.63) is 23.3 Å². The van der Waals surface area contributed by atoms with Gasteiger partial charge in [0.2, 0.25) is 0 Å². The van der Waals surface area contributed by atoms with Crippen molar-refractivity contribution in [3.63, 3.8) is 0 Å². The molecule has 1 atom stereocenters. The lowest BCUT2D eigenvalue weighted by molar-refractivity contribution is 0.168. The predicted octanol–water partition coefficient (Wildman–Crippen LogP) is 2.62. The van der Waals surface area contributed by atoms with Crippen molar-refractivity contribution in [2.24, 2.45) is 0 Å². The summed E-state index contributed by atoms with van der Waals surface area (Å²) in [6, 6.07) is 4.71. The van der Waals surface area contributed by atoms with Crippen LogP contribution in [0.15, 0.2) is 12.1 Å². The average molecular weight is 268 g/mol. The number of benzene rings is 1. The smallest absolute Gasteiger partial charge is 0.161 e. The van der Waals surface area contributed by atoms with Crippen LogP contribution in [0.25, 0.3) is 0 Å². The van der Waals surface area contributed by atoms with E-state index in [1.54, 1.807) is 0 Å². The summed E-state index contributed by atoms with van der Waals surface area (Å²) in [5.74, 6) is 2.46. The zero-order valence-corrected chi connectivity index (χ0v) is 11.4. The van der Waals surface area contributed by atoms with Gasteiger partial charge in [-0.1, -0.05) is 0 Å². The lowest BCUT2D eigenvalue weighted by atomic mass is 9.91. The summed E-state index contributed by atoms with van der Waals surface area (Å²) >= 11 is 5.93. The SMILES string of the molecule is CN1CCc2cc3c(cc2C1CCCl)OCCO3. The molecule has 2 aliphatic heterocycles. The topological polar surface area (TPSA) is 21.7 Å². The molecule has 0 bridgehead atoms. The zero-order chi connectivity index (χ0) is 12.5. The van der Waals surface area contributed by atoms with Crippen molar-refractivity contribution in [2.45, 2.75) is 18.9 Å². The first kappa shape index (κ1) is 12.1. The molecule has 1 aromatic carbocycles. The summed E-state index contributed by atoms with van der Waals surface area (Å²) in [5, 5.41) is 0. The molecule has 0 saturated carbocycles. The van der Waals surface area contributed by atoms with Gasteiger partial charge in [-0.15, -0.1) is 11.6 Å². The quantitative estimate of drug-likeness (QED) is 0.769. The van der Waals surface area contributed by atoms with Crippen LogP contribution in [0.1, 0.15) is 23.6 Å². The highest BCUT2D eigenvalue weighted by molar-refractivity contribution is 6.17. The second-order valence-corrected chi connectivity index (χ2v) is 5.30. The minimum Gasteiger partial charge on any atom is -0.486 e. The van der Waals surface area contributed by atoms with Crippen molar-refractivity contribution in [3.8, 4) is 11.5 Å². The monoisotopic (exact) mass is 267 g/mol. The van der Waals surface area contributed by atoms with Gasteiger partial charge in [0.15, 0.2) is 11.5 Å². The molecule has 2 aliphatic rings. The van der Waals surface area contributed by atoms with Crippen molar-refractivity contribution in [1.29, 1.82) is 0 Å². The Morgan fingerprint density at radius 3 is 2.72 bits per heavy atom. The Balaban J connectivity index is 2.01. The Labute approximate surface area is 113 Å². The van der Waals surface area contributed by atoms with E-state index in [1.165, 1.54) is 11.1 Å². The largest absolute Gasteiger partial charge is 0.486 e. The predicted molar refractivity (Wildman–Crippen MR) is 71.8 cm³/mol. The van der Waals surface area contributed by atoms with Gasteiger partial charge in [-0.25, -0.2) is 0 Å². The highest BCUT2D eigenvalue weighted by Gasteiger charge is 2.27. The molecule has 98 valence electrons. The maximum atomic E-state index is 5.93. The van der Waals surface area contributed by atoms with E-state index in [1.807, 2.05) is 0 Å². The van der Waals surface area contributed by atoms with Gasteiger partial charge in [0, 0.05) is 18.5 Å². The van der Waals surface area contributed by atoms with Gasteiger partial charge in [0.25, 0.3) is 0 Å². The molecular formula is C14H18ClNO2. The Hall–Kier alpha value is -0.930. The number of alkyl halides is 1. The van der Waals surface area contributed by atoms with E-state index in [-0.39, 0.29) is 0 Å². The molecule has 3 nitrogen and oxygen atoms in total. The fourth-order valence-electron chi connectivity index (χ4n) is 2.84. The minimum absolute atomic E-state index is 0.405. The van der Waals surface area contributed by atoms with E-state index in [9.17, 15) is 0 Å². The zero-order valence-electron chi connectivity index (χ0n) is 10.6. The summed E-state index contributed by atoms with van der Waals surface area (Å²) in [5.41, 5.74) is 2.74. The van der Waals surface area contributed by atoms with Crippen LogP contribution < -0.4 is 9.47 Å². The van der Waals surface area contributed by atoms with E-state index < -0.39 is 0 Å². The summed E-state index contributed by atoms with van der Waals surface area (Å²) in [7, 11) is 2.16. The Kier molecular flexibility index (Phi) is 3.35. The number of halogens is 1. The van der Waals surface area contributed by atoms with Crippen LogP contribution in [0.2, 0.25) is 0 Å². The number of ether oxygens (including phenoxy) is 2. The highest BCUT2D eigenvalue weighted by atomic mass is 35.5. The molecule has 0 aromatic heterocycles. The van der Waals surface area contributed by atoms with Crippen molar-refractivity contribution in [1.82, 2.24) is 4.90 Å². The molecule has 0 saturated heterocycles. The summed E-state index contributed by atoms with van der Waals surface area (Å²) < 4.78 is 11.3. The molecule has 0 fully saturated rings. The third-order valence-electron chi connectivity index (χ3n) is 3.81. The molecule has 0 amide bonds. The number of fused-ring (bicyclic) bond motifs is 2. The molecular weight excluding hydrogens is 250 g/mol. The second kappa shape index (κ2) is 4.98. The Morgan fingerprint density at radius 2 is 2.00 bits per heavy atom. The van der Waals surface area contributed by atoms with Gasteiger partial charge in [-0.05, 0) is 43.1 Å². The summed E-state index contributed by atoms with van der Waals surface area (Å²) in [6.45, 7) is 2.37. The fraction of sp³-hybridized carbons (Fsp3) is 0.571. The molecule has 1 aromatic rings. The summed E-state index contributed by atoms with van der Waals surface area (Å²) in [6.07, 6.45) is 2.05. The highest BCUT2D eigenvalue weighted by Crippen LogP contribution is 2.40. The molecule has 3 rings (SSSR count). The maximum Gasteiger partial charge on any atom is 0.161 e. The molecule has 0 aliphatic carbocycles. The van der Waals surface area contributed by atoms with Crippen molar-refractivity contribution < 1.29 is 9.47 Å². The van der Waals surface area contributed by atoms with Crippen molar-refractivity contribution in [2.75, 3.05) is 32.7 Å². The van der Waals surface area contributed by atoms with E-state index in [4.69, 9.17) is 21.1 Å². The molecule has 1 unspecified atom stereocenters. The van der Waals surface area contributed by atoms with Crippen LogP contribution in [0.4, 0.5) is 0 Å². The van der Waals surface area contributed by atoms with Gasteiger partial charge in [0.05, 0.1) is 0 Å². The molecule has 2 heterocycles. The first-order valence-electron chi connectivity index (χ1n) is 6.48. The molecule has 18 heavy (non-hydrogen) atoms. The van der Waals surface area contributed by atoms with Gasteiger partial charge < -0.3 is 9.47 Å². The molecule has 0 radical (unpaired) electrons. The minimum atomic E-state index is 0.405. The third-order valence-corrected chi connectivity index (χ3v) is 4.03. The standard InChI is InChI=1S/C14H18ClNO2/c1-16-5-3-10-8-13-14(18-7-6-17-13)9-11(10)12(16)2-4-15/h8-9,12H,2-7H2,1H3. The van der Waals surface area contributed by atoms with Gasteiger partial charge in [-0.2, -0.15) is 0 Å². The first-order chi connectivity index (χ1) is 8.79. The van der Waals surface area contributed by atoms with Crippen LogP contribution in [-0.4, -0.2) is 37.6 Å². The first-order valence-corrected chi connectivity index (χ1v) is 7.01. The van der Waals surface area contributed by atoms with Crippen LogP contribution in [0.3, 0.4) is 0 Å². The second-order valence-electron chi connectivity index (χ2n) is 4.92. The third kappa shape index (κ3) is 2.06. The van der Waals surface area contributed by atoms with Crippen LogP contribution in [0.5, 0.6) is 11.5 Å². The molecule has 4 heteroatoms. The van der Waals surface area contributed by atoms with E-state index in [2.05, 4.69) is 24.1 Å². The van der Waals surface area contributed by atoms with Gasteiger partial charge >= 0.3 is 0 Å². The fourth-order valence-corrected chi connectivity index (χ4v) is 3.05. The lowest BCUT2D eigenvalue weighted by Gasteiger charge is -2.35. The number of hydrogen-bond donors (Lipinski definition) is 0. The molecule has 0 N–H and O–H groups in total. The van der Waals surface area contributed by atoms with Crippen LogP contribution in [-0.2, 0) is 6.42 Å². The van der Waals surface area contributed by atoms with E-state index in [0.717, 1.165) is 30.9 Å². The Bertz CT molecular complexity index is 450. The van der Waals surface area contributed by atoms with E-state index >= 15 is 0 Å².